The van der Waals surface area contributed by atoms with Gasteiger partial charge in [-0.3, -0.25) is 14.6 Å². The molecule has 4 rings (SSSR count). The van der Waals surface area contributed by atoms with Crippen LogP contribution in [0.15, 0.2) is 59.5 Å². The lowest BCUT2D eigenvalue weighted by Gasteiger charge is -2.27. The van der Waals surface area contributed by atoms with E-state index >= 15 is 0 Å². The number of carbonyl (C=O) groups is 1. The lowest BCUT2D eigenvalue weighted by molar-refractivity contribution is -0.128. The number of amides is 1. The highest BCUT2D eigenvalue weighted by atomic mass is 19.1. The normalized spacial score (nSPS) is 14.8. The highest BCUT2D eigenvalue weighted by molar-refractivity contribution is 5.79. The minimum absolute atomic E-state index is 0.0136. The third-order valence-electron chi connectivity index (χ3n) is 5.18. The molecule has 2 aromatic heterocycles. The molecule has 6 nitrogen and oxygen atoms in total. The van der Waals surface area contributed by atoms with Crippen molar-refractivity contribution in [3.05, 3.63) is 82.2 Å². The Kier molecular flexibility index (Phi) is 5.46. The van der Waals surface area contributed by atoms with Crippen LogP contribution >= 0.6 is 0 Å². The van der Waals surface area contributed by atoms with Gasteiger partial charge >= 0.3 is 0 Å². The zero-order valence-corrected chi connectivity index (χ0v) is 15.8. The van der Waals surface area contributed by atoms with Crippen molar-refractivity contribution in [2.75, 3.05) is 0 Å². The first kappa shape index (κ1) is 19.0. The molecule has 0 bridgehead atoms. The van der Waals surface area contributed by atoms with E-state index in [2.05, 4.69) is 20.3 Å². The number of nitrogens with zero attached hydrogens (tertiary/aromatic N) is 2. The molecule has 2 N–H and O–H groups in total. The molecule has 0 saturated heterocycles. The van der Waals surface area contributed by atoms with Gasteiger partial charge in [0.15, 0.2) is 5.82 Å². The van der Waals surface area contributed by atoms with Crippen LogP contribution < -0.4 is 10.9 Å². The zero-order valence-electron chi connectivity index (χ0n) is 15.8. The Hall–Kier alpha value is -3.35. The summed E-state index contributed by atoms with van der Waals surface area (Å²) in [5.74, 6) is 0.0374. The van der Waals surface area contributed by atoms with E-state index in [4.69, 9.17) is 0 Å². The van der Waals surface area contributed by atoms with Crippen LogP contribution in [0.1, 0.15) is 36.6 Å². The third-order valence-corrected chi connectivity index (χ3v) is 5.18. The number of benzene rings is 1. The second kappa shape index (κ2) is 8.34. The molecule has 29 heavy (non-hydrogen) atoms. The molecule has 2 heterocycles. The van der Waals surface area contributed by atoms with E-state index in [9.17, 15) is 14.0 Å². The number of nitrogens with one attached hydrogen (secondary N) is 2. The predicted octanol–water partition coefficient (Wildman–Crippen LogP) is 3.17. The van der Waals surface area contributed by atoms with Crippen LogP contribution in [0, 0.1) is 11.7 Å². The van der Waals surface area contributed by atoms with E-state index in [0.29, 0.717) is 23.6 Å². The molecule has 7 heteroatoms. The minimum Gasteiger partial charge on any atom is -0.349 e. The minimum atomic E-state index is -0.408. The van der Waals surface area contributed by atoms with Gasteiger partial charge in [-0.15, -0.1) is 0 Å². The van der Waals surface area contributed by atoms with Gasteiger partial charge in [-0.05, 0) is 42.7 Å². The fraction of sp³-hybridized carbons (Fsp3) is 0.273. The second-order valence-electron chi connectivity index (χ2n) is 7.24. The summed E-state index contributed by atoms with van der Waals surface area (Å²) in [6, 6.07) is 12.4. The first-order valence-electron chi connectivity index (χ1n) is 9.66. The number of H-pyrrole nitrogens is 1. The second-order valence-corrected chi connectivity index (χ2v) is 7.24. The lowest BCUT2D eigenvalue weighted by Crippen LogP contribution is -2.38. The molecule has 148 valence electrons. The first-order valence-corrected chi connectivity index (χ1v) is 9.66. The molecule has 1 fully saturated rings. The monoisotopic (exact) mass is 392 g/mol. The van der Waals surface area contributed by atoms with Crippen LogP contribution in [0.5, 0.6) is 0 Å². The van der Waals surface area contributed by atoms with Gasteiger partial charge in [-0.1, -0.05) is 24.6 Å². The Labute approximate surface area is 167 Å². The smallest absolute Gasteiger partial charge is 0.251 e. The number of hydrogen-bond acceptors (Lipinski definition) is 4. The molecule has 1 unspecified atom stereocenters. The molecule has 1 aliphatic carbocycles. The molecule has 0 aliphatic heterocycles. The fourth-order valence-electron chi connectivity index (χ4n) is 3.35. The van der Waals surface area contributed by atoms with Crippen LogP contribution in [0.4, 0.5) is 4.39 Å². The fourth-order valence-corrected chi connectivity index (χ4v) is 3.35. The average Bonchev–Trinajstić information content (AvgIpc) is 2.67. The Balaban J connectivity index is 1.63. The molecule has 1 atom stereocenters. The van der Waals surface area contributed by atoms with Crippen molar-refractivity contribution >= 4 is 5.91 Å². The summed E-state index contributed by atoms with van der Waals surface area (Å²) in [6.07, 6.45) is 4.77. The summed E-state index contributed by atoms with van der Waals surface area (Å²) < 4.78 is 13.4. The SMILES string of the molecule is O=C(NC(Cc1cc(=O)[nH]c(-c2ccccn2)n1)c1ccc(F)cc1)C1CCC1. The van der Waals surface area contributed by atoms with Gasteiger partial charge in [0.25, 0.3) is 5.56 Å². The van der Waals surface area contributed by atoms with Crippen molar-refractivity contribution in [1.29, 1.82) is 0 Å². The maximum atomic E-state index is 13.4. The molecular formula is C22H21FN4O2. The Bertz CT molecular complexity index is 1050. The number of aromatic amines is 1. The highest BCUT2D eigenvalue weighted by Gasteiger charge is 2.27. The number of hydrogen-bond donors (Lipinski definition) is 2. The predicted molar refractivity (Wildman–Crippen MR) is 106 cm³/mol. The molecule has 3 aromatic rings. The third kappa shape index (κ3) is 4.56. The maximum absolute atomic E-state index is 13.4. The summed E-state index contributed by atoms with van der Waals surface area (Å²) in [4.78, 5) is 36.2. The number of pyridine rings is 1. The summed E-state index contributed by atoms with van der Waals surface area (Å²) in [6.45, 7) is 0. The van der Waals surface area contributed by atoms with Crippen molar-refractivity contribution in [2.24, 2.45) is 5.92 Å². The molecule has 1 saturated carbocycles. The standard InChI is InChI=1S/C22H21FN4O2/c23-16-9-7-14(8-10-16)19(26-22(29)15-4-3-5-15)12-17-13-20(28)27-21(25-17)18-6-1-2-11-24-18/h1-2,6-11,13,15,19H,3-5,12H2,(H,26,29)(H,25,27,28). The maximum Gasteiger partial charge on any atom is 0.251 e. The Morgan fingerprint density at radius 1 is 1.21 bits per heavy atom. The van der Waals surface area contributed by atoms with Crippen molar-refractivity contribution in [3.63, 3.8) is 0 Å². The van der Waals surface area contributed by atoms with Gasteiger partial charge in [0.1, 0.15) is 11.5 Å². The highest BCUT2D eigenvalue weighted by Crippen LogP contribution is 2.28. The summed E-state index contributed by atoms with van der Waals surface area (Å²) >= 11 is 0. The first-order chi connectivity index (χ1) is 14.1. The largest absolute Gasteiger partial charge is 0.349 e. The number of aromatic nitrogens is 3. The average molecular weight is 392 g/mol. The summed E-state index contributed by atoms with van der Waals surface area (Å²) in [5, 5.41) is 3.05. The number of halogens is 1. The van der Waals surface area contributed by atoms with Crippen molar-refractivity contribution in [2.45, 2.75) is 31.7 Å². The van der Waals surface area contributed by atoms with Gasteiger partial charge < -0.3 is 10.3 Å². The topological polar surface area (TPSA) is 87.7 Å². The van der Waals surface area contributed by atoms with Crippen LogP contribution in [0.25, 0.3) is 11.5 Å². The van der Waals surface area contributed by atoms with Crippen molar-refractivity contribution in [3.8, 4) is 11.5 Å². The van der Waals surface area contributed by atoms with E-state index in [0.717, 1.165) is 24.8 Å². The van der Waals surface area contributed by atoms with Crippen LogP contribution in [-0.4, -0.2) is 20.9 Å². The van der Waals surface area contributed by atoms with Crippen LogP contribution in [-0.2, 0) is 11.2 Å². The molecule has 1 amide bonds. The summed E-state index contributed by atoms with van der Waals surface area (Å²) in [7, 11) is 0. The van der Waals surface area contributed by atoms with E-state index in [1.807, 2.05) is 6.07 Å². The number of carbonyl (C=O) groups excluding carboxylic acids is 1. The van der Waals surface area contributed by atoms with Crippen LogP contribution in [0.3, 0.4) is 0 Å². The van der Waals surface area contributed by atoms with Gasteiger partial charge in [-0.25, -0.2) is 9.37 Å². The molecule has 0 radical (unpaired) electrons. The van der Waals surface area contributed by atoms with Gasteiger partial charge in [-0.2, -0.15) is 0 Å². The molecular weight excluding hydrogens is 371 g/mol. The van der Waals surface area contributed by atoms with Crippen LogP contribution in [0.2, 0.25) is 0 Å². The molecule has 1 aliphatic rings. The van der Waals surface area contributed by atoms with E-state index in [-0.39, 0.29) is 23.2 Å². The van der Waals surface area contributed by atoms with Crippen molar-refractivity contribution in [1.82, 2.24) is 20.3 Å². The number of rotatable bonds is 6. The quantitative estimate of drug-likeness (QED) is 0.675. The zero-order chi connectivity index (χ0) is 20.2. The molecule has 0 spiro atoms. The summed E-state index contributed by atoms with van der Waals surface area (Å²) in [5.41, 5.74) is 1.56. The van der Waals surface area contributed by atoms with E-state index in [1.54, 1.807) is 30.5 Å². The Morgan fingerprint density at radius 3 is 2.66 bits per heavy atom. The lowest BCUT2D eigenvalue weighted by atomic mass is 9.84. The molecule has 1 aromatic carbocycles. The van der Waals surface area contributed by atoms with E-state index in [1.165, 1.54) is 18.2 Å². The van der Waals surface area contributed by atoms with Gasteiger partial charge in [0.05, 0.1) is 11.7 Å². The van der Waals surface area contributed by atoms with Gasteiger partial charge in [0.2, 0.25) is 5.91 Å². The Morgan fingerprint density at radius 2 is 2.00 bits per heavy atom. The van der Waals surface area contributed by atoms with Crippen molar-refractivity contribution < 1.29 is 9.18 Å². The van der Waals surface area contributed by atoms with E-state index < -0.39 is 6.04 Å². The van der Waals surface area contributed by atoms with Gasteiger partial charge in [0, 0.05) is 24.6 Å².